The number of phenolic OH excluding ortho intramolecular Hbond substituents is 1. The summed E-state index contributed by atoms with van der Waals surface area (Å²) >= 11 is 0. The summed E-state index contributed by atoms with van der Waals surface area (Å²) in [7, 11) is 0. The molecule has 18 heavy (non-hydrogen) atoms. The third kappa shape index (κ3) is 6.13. The van der Waals surface area contributed by atoms with Crippen LogP contribution in [-0.2, 0) is 11.2 Å². The van der Waals surface area contributed by atoms with Crippen LogP contribution >= 0.6 is 0 Å². The lowest BCUT2D eigenvalue weighted by Gasteiger charge is -2.09. The second kappa shape index (κ2) is 7.58. The van der Waals surface area contributed by atoms with Gasteiger partial charge in [0.05, 0.1) is 6.61 Å². The van der Waals surface area contributed by atoms with Crippen LogP contribution in [0, 0.1) is 0 Å². The van der Waals surface area contributed by atoms with E-state index in [0.29, 0.717) is 6.61 Å². The number of alkyl carbamates (subject to hydrolysis) is 1. The molecule has 1 aromatic carbocycles. The number of carbonyl (C=O) groups excluding carboxylic acids is 1. The van der Waals surface area contributed by atoms with Crippen LogP contribution in [0.2, 0.25) is 0 Å². The predicted octanol–water partition coefficient (Wildman–Crippen LogP) is 2.85. The summed E-state index contributed by atoms with van der Waals surface area (Å²) in [5.74, 6) is 0.285. The summed E-state index contributed by atoms with van der Waals surface area (Å²) in [6.45, 7) is 4.23. The fraction of sp³-hybridized carbons (Fsp3) is 0.500. The van der Waals surface area contributed by atoms with E-state index in [4.69, 9.17) is 9.84 Å². The molecule has 100 valence electrons. The minimum atomic E-state index is -0.352. The van der Waals surface area contributed by atoms with Crippen LogP contribution in [0.5, 0.6) is 5.75 Å². The van der Waals surface area contributed by atoms with Gasteiger partial charge >= 0.3 is 6.09 Å². The average molecular weight is 251 g/mol. The molecule has 0 radical (unpaired) electrons. The van der Waals surface area contributed by atoms with Crippen LogP contribution in [0.3, 0.4) is 0 Å². The number of rotatable bonds is 6. The molecule has 0 heterocycles. The topological polar surface area (TPSA) is 58.6 Å². The lowest BCUT2D eigenvalue weighted by Crippen LogP contribution is -2.30. The minimum Gasteiger partial charge on any atom is -0.508 e. The van der Waals surface area contributed by atoms with Crippen molar-refractivity contribution >= 4 is 6.09 Å². The highest BCUT2D eigenvalue weighted by Crippen LogP contribution is 2.11. The van der Waals surface area contributed by atoms with Crippen LogP contribution in [0.25, 0.3) is 0 Å². The van der Waals surface area contributed by atoms with Crippen LogP contribution < -0.4 is 5.32 Å². The molecule has 1 aromatic rings. The van der Waals surface area contributed by atoms with Gasteiger partial charge in [0, 0.05) is 6.04 Å². The van der Waals surface area contributed by atoms with E-state index in [1.165, 1.54) is 5.56 Å². The Morgan fingerprint density at radius 3 is 2.56 bits per heavy atom. The highest BCUT2D eigenvalue weighted by Gasteiger charge is 2.02. The molecule has 1 rings (SSSR count). The Bertz CT molecular complexity index is 360. The van der Waals surface area contributed by atoms with Crippen molar-refractivity contribution in [2.75, 3.05) is 6.61 Å². The molecule has 0 aliphatic heterocycles. The number of hydrogen-bond donors (Lipinski definition) is 2. The molecule has 0 saturated carbocycles. The molecule has 0 aromatic heterocycles. The van der Waals surface area contributed by atoms with Crippen molar-refractivity contribution in [3.63, 3.8) is 0 Å². The lowest BCUT2D eigenvalue weighted by atomic mass is 10.1. The summed E-state index contributed by atoms with van der Waals surface area (Å²) in [5, 5.41) is 11.8. The fourth-order valence-electron chi connectivity index (χ4n) is 1.54. The normalized spacial score (nSPS) is 10.4. The molecule has 0 aliphatic carbocycles. The number of aryl methyl sites for hydroxylation is 1. The first-order chi connectivity index (χ1) is 8.58. The number of aromatic hydroxyl groups is 1. The van der Waals surface area contributed by atoms with Gasteiger partial charge in [-0.25, -0.2) is 4.79 Å². The quantitative estimate of drug-likeness (QED) is 0.764. The van der Waals surface area contributed by atoms with Crippen molar-refractivity contribution in [3.8, 4) is 5.75 Å². The monoisotopic (exact) mass is 251 g/mol. The first-order valence-corrected chi connectivity index (χ1v) is 6.29. The highest BCUT2D eigenvalue weighted by molar-refractivity contribution is 5.67. The number of carbonyl (C=O) groups is 1. The van der Waals surface area contributed by atoms with Gasteiger partial charge in [-0.3, -0.25) is 0 Å². The van der Waals surface area contributed by atoms with Crippen LogP contribution in [0.4, 0.5) is 4.79 Å². The average Bonchev–Trinajstić information content (AvgIpc) is 2.30. The summed E-state index contributed by atoms with van der Waals surface area (Å²) < 4.78 is 5.02. The smallest absolute Gasteiger partial charge is 0.407 e. The zero-order valence-electron chi connectivity index (χ0n) is 11.0. The van der Waals surface area contributed by atoms with Gasteiger partial charge in [0.25, 0.3) is 0 Å². The number of hydrogen-bond acceptors (Lipinski definition) is 3. The molecule has 4 nitrogen and oxygen atoms in total. The Hall–Kier alpha value is -1.71. The fourth-order valence-corrected chi connectivity index (χ4v) is 1.54. The maximum atomic E-state index is 11.2. The molecular formula is C14H21NO3. The molecule has 2 N–H and O–H groups in total. The van der Waals surface area contributed by atoms with E-state index in [-0.39, 0.29) is 17.9 Å². The number of ether oxygens (including phenoxy) is 1. The van der Waals surface area contributed by atoms with Crippen molar-refractivity contribution in [2.24, 2.45) is 0 Å². The summed E-state index contributed by atoms with van der Waals surface area (Å²) in [6, 6.07) is 7.28. The largest absolute Gasteiger partial charge is 0.508 e. The maximum Gasteiger partial charge on any atom is 0.407 e. The van der Waals surface area contributed by atoms with Gasteiger partial charge in [0.2, 0.25) is 0 Å². The zero-order valence-corrected chi connectivity index (χ0v) is 11.0. The minimum absolute atomic E-state index is 0.106. The molecule has 0 fully saturated rings. The van der Waals surface area contributed by atoms with Gasteiger partial charge in [-0.15, -0.1) is 0 Å². The number of unbranched alkanes of at least 4 members (excludes halogenated alkanes) is 1. The zero-order chi connectivity index (χ0) is 13.4. The Balaban J connectivity index is 2.08. The molecule has 0 unspecified atom stereocenters. The van der Waals surface area contributed by atoms with E-state index >= 15 is 0 Å². The number of amides is 1. The molecular weight excluding hydrogens is 230 g/mol. The molecule has 1 amide bonds. The third-order valence-corrected chi connectivity index (χ3v) is 2.44. The predicted molar refractivity (Wildman–Crippen MR) is 70.7 cm³/mol. The molecule has 0 aliphatic rings. The Kier molecular flexibility index (Phi) is 6.05. The van der Waals surface area contributed by atoms with Gasteiger partial charge < -0.3 is 15.2 Å². The summed E-state index contributed by atoms with van der Waals surface area (Å²) in [5.41, 5.74) is 1.18. The number of nitrogens with one attached hydrogen (secondary N) is 1. The van der Waals surface area contributed by atoms with E-state index in [1.54, 1.807) is 12.1 Å². The highest BCUT2D eigenvalue weighted by atomic mass is 16.5. The molecule has 0 spiro atoms. The van der Waals surface area contributed by atoms with E-state index in [1.807, 2.05) is 26.0 Å². The van der Waals surface area contributed by atoms with Gasteiger partial charge in [-0.1, -0.05) is 12.1 Å². The SMILES string of the molecule is CC(C)NC(=O)OCCCCc1ccc(O)cc1. The molecule has 4 heteroatoms. The lowest BCUT2D eigenvalue weighted by molar-refractivity contribution is 0.141. The molecule has 0 bridgehead atoms. The number of benzene rings is 1. The summed E-state index contributed by atoms with van der Waals surface area (Å²) in [6.07, 6.45) is 2.37. The van der Waals surface area contributed by atoms with Gasteiger partial charge in [0.1, 0.15) is 5.75 Å². The standard InChI is InChI=1S/C14H21NO3/c1-11(2)15-14(17)18-10-4-3-5-12-6-8-13(16)9-7-12/h6-9,11,16H,3-5,10H2,1-2H3,(H,15,17). The first kappa shape index (κ1) is 14.4. The van der Waals surface area contributed by atoms with Crippen molar-refractivity contribution in [1.82, 2.24) is 5.32 Å². The first-order valence-electron chi connectivity index (χ1n) is 6.29. The Labute approximate surface area is 108 Å². The molecule has 0 saturated heterocycles. The van der Waals surface area contributed by atoms with E-state index in [9.17, 15) is 4.79 Å². The van der Waals surface area contributed by atoms with Gasteiger partial charge in [-0.05, 0) is 50.8 Å². The summed E-state index contributed by atoms with van der Waals surface area (Å²) in [4.78, 5) is 11.2. The van der Waals surface area contributed by atoms with E-state index < -0.39 is 0 Å². The van der Waals surface area contributed by atoms with Gasteiger partial charge in [-0.2, -0.15) is 0 Å². The second-order valence-corrected chi connectivity index (χ2v) is 4.56. The Morgan fingerprint density at radius 2 is 1.94 bits per heavy atom. The molecule has 0 atom stereocenters. The van der Waals surface area contributed by atoms with Crippen molar-refractivity contribution in [2.45, 2.75) is 39.2 Å². The van der Waals surface area contributed by atoms with Crippen LogP contribution in [0.15, 0.2) is 24.3 Å². The van der Waals surface area contributed by atoms with Crippen molar-refractivity contribution < 1.29 is 14.6 Å². The van der Waals surface area contributed by atoms with E-state index in [0.717, 1.165) is 19.3 Å². The van der Waals surface area contributed by atoms with E-state index in [2.05, 4.69) is 5.32 Å². The Morgan fingerprint density at radius 1 is 1.28 bits per heavy atom. The van der Waals surface area contributed by atoms with Gasteiger partial charge in [0.15, 0.2) is 0 Å². The van der Waals surface area contributed by atoms with Crippen LogP contribution in [0.1, 0.15) is 32.3 Å². The maximum absolute atomic E-state index is 11.2. The second-order valence-electron chi connectivity index (χ2n) is 4.56. The van der Waals surface area contributed by atoms with Crippen molar-refractivity contribution in [1.29, 1.82) is 0 Å². The van der Waals surface area contributed by atoms with Crippen molar-refractivity contribution in [3.05, 3.63) is 29.8 Å². The third-order valence-electron chi connectivity index (χ3n) is 2.44. The van der Waals surface area contributed by atoms with Crippen LogP contribution in [-0.4, -0.2) is 23.8 Å². The number of phenols is 1.